The number of rotatable bonds is 1. The fraction of sp³-hybridized carbons (Fsp3) is 0. The first kappa shape index (κ1) is 6.75. The molecular formula is C5H3ClN4S. The molecule has 0 saturated carbocycles. The van der Waals surface area contributed by atoms with Gasteiger partial charge in [0.25, 0.3) is 0 Å². The van der Waals surface area contributed by atoms with E-state index in [0.29, 0.717) is 5.15 Å². The van der Waals surface area contributed by atoms with E-state index in [-0.39, 0.29) is 0 Å². The summed E-state index contributed by atoms with van der Waals surface area (Å²) in [6, 6.07) is 0. The van der Waals surface area contributed by atoms with Gasteiger partial charge in [0.2, 0.25) is 5.13 Å². The van der Waals surface area contributed by atoms with Crippen molar-refractivity contribution in [3.05, 3.63) is 23.2 Å². The van der Waals surface area contributed by atoms with Gasteiger partial charge in [-0.15, -0.1) is 11.3 Å². The molecule has 2 rings (SSSR count). The second kappa shape index (κ2) is 2.60. The fourth-order valence-electron chi connectivity index (χ4n) is 0.658. The highest BCUT2D eigenvalue weighted by molar-refractivity contribution is 7.12. The first-order valence-electron chi connectivity index (χ1n) is 2.82. The third kappa shape index (κ3) is 1.24. The molecule has 2 aromatic heterocycles. The Kier molecular flexibility index (Phi) is 1.59. The molecule has 0 aliphatic carbocycles. The van der Waals surface area contributed by atoms with E-state index in [0.717, 1.165) is 5.13 Å². The molecule has 0 aliphatic heterocycles. The van der Waals surface area contributed by atoms with Crippen LogP contribution >= 0.6 is 22.9 Å². The van der Waals surface area contributed by atoms with Crippen LogP contribution in [0.15, 0.2) is 18.0 Å². The van der Waals surface area contributed by atoms with Crippen LogP contribution in [0, 0.1) is 0 Å². The van der Waals surface area contributed by atoms with Crippen LogP contribution in [0.2, 0.25) is 5.15 Å². The van der Waals surface area contributed by atoms with Gasteiger partial charge in [0.15, 0.2) is 0 Å². The molecular weight excluding hydrogens is 184 g/mol. The van der Waals surface area contributed by atoms with E-state index in [9.17, 15) is 0 Å². The van der Waals surface area contributed by atoms with Crippen molar-refractivity contribution in [3.63, 3.8) is 0 Å². The summed E-state index contributed by atoms with van der Waals surface area (Å²) in [6.45, 7) is 0. The van der Waals surface area contributed by atoms with E-state index in [4.69, 9.17) is 11.6 Å². The topological polar surface area (TPSA) is 43.6 Å². The fourth-order valence-corrected chi connectivity index (χ4v) is 1.53. The van der Waals surface area contributed by atoms with Gasteiger partial charge in [-0.05, 0) is 0 Å². The number of halogens is 1. The van der Waals surface area contributed by atoms with Gasteiger partial charge in [-0.1, -0.05) is 11.6 Å². The molecule has 2 aromatic rings. The lowest BCUT2D eigenvalue weighted by Gasteiger charge is -1.88. The van der Waals surface area contributed by atoms with Crippen LogP contribution in [0.3, 0.4) is 0 Å². The lowest BCUT2D eigenvalue weighted by molar-refractivity contribution is 0.868. The van der Waals surface area contributed by atoms with Crippen LogP contribution in [0.5, 0.6) is 0 Å². The Bertz CT molecular complexity index is 341. The zero-order valence-corrected chi connectivity index (χ0v) is 6.88. The Morgan fingerprint density at radius 2 is 2.45 bits per heavy atom. The third-order valence-electron chi connectivity index (χ3n) is 1.08. The lowest BCUT2D eigenvalue weighted by atomic mass is 11.0. The molecule has 0 aliphatic rings. The van der Waals surface area contributed by atoms with E-state index < -0.39 is 0 Å². The van der Waals surface area contributed by atoms with Crippen LogP contribution in [0.25, 0.3) is 5.13 Å². The Morgan fingerprint density at radius 1 is 1.55 bits per heavy atom. The van der Waals surface area contributed by atoms with Gasteiger partial charge in [0, 0.05) is 5.38 Å². The molecule has 0 amide bonds. The number of thiazole rings is 1. The predicted octanol–water partition coefficient (Wildman–Crippen LogP) is 1.38. The van der Waals surface area contributed by atoms with Gasteiger partial charge in [-0.2, -0.15) is 9.78 Å². The molecule has 0 radical (unpaired) electrons. The molecule has 0 spiro atoms. The zero-order chi connectivity index (χ0) is 7.68. The van der Waals surface area contributed by atoms with Crippen LogP contribution < -0.4 is 0 Å². The van der Waals surface area contributed by atoms with Crippen molar-refractivity contribution in [1.82, 2.24) is 19.7 Å². The monoisotopic (exact) mass is 186 g/mol. The largest absolute Gasteiger partial charge is 0.223 e. The highest BCUT2D eigenvalue weighted by Gasteiger charge is 2.00. The summed E-state index contributed by atoms with van der Waals surface area (Å²) in [4.78, 5) is 7.78. The normalized spacial score (nSPS) is 10.3. The lowest BCUT2D eigenvalue weighted by Crippen LogP contribution is -1.91. The maximum absolute atomic E-state index is 5.62. The first-order valence-corrected chi connectivity index (χ1v) is 4.08. The number of hydrogen-bond acceptors (Lipinski definition) is 4. The van der Waals surface area contributed by atoms with Crippen LogP contribution in [-0.4, -0.2) is 19.7 Å². The summed E-state index contributed by atoms with van der Waals surface area (Å²) in [5.74, 6) is 0. The summed E-state index contributed by atoms with van der Waals surface area (Å²) in [5.41, 5.74) is 0. The summed E-state index contributed by atoms with van der Waals surface area (Å²) in [7, 11) is 0. The quantitative estimate of drug-likeness (QED) is 0.676. The number of nitrogens with zero attached hydrogens (tertiary/aromatic N) is 4. The highest BCUT2D eigenvalue weighted by Crippen LogP contribution is 2.16. The maximum atomic E-state index is 5.62. The minimum Gasteiger partial charge on any atom is -0.223 e. The summed E-state index contributed by atoms with van der Waals surface area (Å²) in [5, 5.41) is 6.86. The Morgan fingerprint density at radius 3 is 3.00 bits per heavy atom. The van der Waals surface area contributed by atoms with Gasteiger partial charge in [0.05, 0.1) is 0 Å². The molecule has 0 N–H and O–H groups in total. The average molecular weight is 187 g/mol. The highest BCUT2D eigenvalue weighted by atomic mass is 35.5. The Hall–Kier alpha value is -0.940. The molecule has 11 heavy (non-hydrogen) atoms. The van der Waals surface area contributed by atoms with Crippen LogP contribution in [0.4, 0.5) is 0 Å². The van der Waals surface area contributed by atoms with E-state index in [1.165, 1.54) is 17.7 Å². The number of hydrogen-bond donors (Lipinski definition) is 0. The average Bonchev–Trinajstić information content (AvgIpc) is 2.55. The molecule has 2 heterocycles. The van der Waals surface area contributed by atoms with Crippen molar-refractivity contribution in [2.75, 3.05) is 0 Å². The molecule has 4 nitrogen and oxygen atoms in total. The summed E-state index contributed by atoms with van der Waals surface area (Å²) < 4.78 is 1.57. The minimum absolute atomic E-state index is 0.487. The van der Waals surface area contributed by atoms with Gasteiger partial charge in [0.1, 0.15) is 17.8 Å². The second-order valence-electron chi connectivity index (χ2n) is 1.79. The van der Waals surface area contributed by atoms with Crippen LogP contribution in [-0.2, 0) is 0 Å². The van der Waals surface area contributed by atoms with Crippen molar-refractivity contribution in [1.29, 1.82) is 0 Å². The summed E-state index contributed by atoms with van der Waals surface area (Å²) >= 11 is 7.04. The molecule has 6 heteroatoms. The van der Waals surface area contributed by atoms with E-state index in [1.807, 2.05) is 0 Å². The van der Waals surface area contributed by atoms with Gasteiger partial charge < -0.3 is 0 Å². The molecule has 0 atom stereocenters. The standard InChI is InChI=1S/C5H3ClN4S/c6-4-1-11-5(9-4)10-3-7-2-8-10/h1-3H. The Labute approximate surface area is 71.5 Å². The van der Waals surface area contributed by atoms with E-state index >= 15 is 0 Å². The number of aromatic nitrogens is 4. The van der Waals surface area contributed by atoms with Crippen molar-refractivity contribution in [3.8, 4) is 5.13 Å². The smallest absolute Gasteiger partial charge is 0.213 e. The van der Waals surface area contributed by atoms with Crippen molar-refractivity contribution in [2.24, 2.45) is 0 Å². The molecule has 0 unspecified atom stereocenters. The molecule has 56 valence electrons. The van der Waals surface area contributed by atoms with Gasteiger partial charge in [-0.25, -0.2) is 9.97 Å². The molecule has 0 fully saturated rings. The van der Waals surface area contributed by atoms with Crippen molar-refractivity contribution in [2.45, 2.75) is 0 Å². The van der Waals surface area contributed by atoms with Gasteiger partial charge in [-0.3, -0.25) is 0 Å². The minimum atomic E-state index is 0.487. The van der Waals surface area contributed by atoms with Crippen molar-refractivity contribution < 1.29 is 0 Å². The van der Waals surface area contributed by atoms with E-state index in [1.54, 1.807) is 16.4 Å². The second-order valence-corrected chi connectivity index (χ2v) is 3.02. The SMILES string of the molecule is Clc1csc(-n2cncn2)n1. The van der Waals surface area contributed by atoms with Crippen molar-refractivity contribution >= 4 is 22.9 Å². The molecule has 0 bridgehead atoms. The zero-order valence-electron chi connectivity index (χ0n) is 5.31. The summed E-state index contributed by atoms with van der Waals surface area (Å²) in [6.07, 6.45) is 3.03. The molecule has 0 saturated heterocycles. The predicted molar refractivity (Wildman–Crippen MR) is 42.0 cm³/mol. The van der Waals surface area contributed by atoms with Gasteiger partial charge >= 0.3 is 0 Å². The molecule has 0 aromatic carbocycles. The third-order valence-corrected chi connectivity index (χ3v) is 2.23. The van der Waals surface area contributed by atoms with Crippen LogP contribution in [0.1, 0.15) is 0 Å². The maximum Gasteiger partial charge on any atom is 0.213 e. The Balaban J connectivity index is 2.45. The van der Waals surface area contributed by atoms with E-state index in [2.05, 4.69) is 15.1 Å². The first-order chi connectivity index (χ1) is 5.36.